The first-order valence-electron chi connectivity index (χ1n) is 6.53. The van der Waals surface area contributed by atoms with Crippen LogP contribution < -0.4 is 0 Å². The van der Waals surface area contributed by atoms with Gasteiger partial charge in [0.1, 0.15) is 6.61 Å². The van der Waals surface area contributed by atoms with E-state index in [1.807, 2.05) is 0 Å². The maximum atomic E-state index is 12.3. The first-order valence-corrected chi connectivity index (χ1v) is 6.53. The molecule has 1 fully saturated rings. The molecule has 1 aliphatic heterocycles. The zero-order valence-corrected chi connectivity index (χ0v) is 11.3. The van der Waals surface area contributed by atoms with Gasteiger partial charge in [0.05, 0.1) is 6.10 Å². The first kappa shape index (κ1) is 14.0. The highest BCUT2D eigenvalue weighted by atomic mass is 16.5. The third-order valence-corrected chi connectivity index (χ3v) is 3.49. The molecule has 6 nitrogen and oxygen atoms in total. The Morgan fingerprint density at radius 2 is 2.53 bits per heavy atom. The van der Waals surface area contributed by atoms with Crippen LogP contribution in [-0.4, -0.2) is 47.4 Å². The smallest absolute Gasteiger partial charge is 0.276 e. The topological polar surface area (TPSA) is 75.8 Å². The second-order valence-electron chi connectivity index (χ2n) is 5.01. The van der Waals surface area contributed by atoms with Gasteiger partial charge in [-0.05, 0) is 19.8 Å². The number of piperidine rings is 1. The van der Waals surface area contributed by atoms with Crippen LogP contribution in [0.3, 0.4) is 0 Å². The van der Waals surface area contributed by atoms with Gasteiger partial charge in [0.15, 0.2) is 11.5 Å². The number of methoxy groups -OCH3 is 1. The van der Waals surface area contributed by atoms with Crippen molar-refractivity contribution in [2.45, 2.75) is 32.5 Å². The number of carbonyl (C=O) groups is 1. The number of aromatic nitrogens is 1. The maximum Gasteiger partial charge on any atom is 0.276 e. The minimum atomic E-state index is -0.392. The molecule has 0 aliphatic carbocycles. The van der Waals surface area contributed by atoms with E-state index in [-0.39, 0.29) is 11.8 Å². The van der Waals surface area contributed by atoms with Crippen LogP contribution in [0.1, 0.15) is 36.0 Å². The quantitative estimate of drug-likeness (QED) is 0.883. The van der Waals surface area contributed by atoms with Crippen molar-refractivity contribution < 1.29 is 19.2 Å². The summed E-state index contributed by atoms with van der Waals surface area (Å²) < 4.78 is 9.94. The highest BCUT2D eigenvalue weighted by Crippen LogP contribution is 2.21. The molecule has 6 heteroatoms. The van der Waals surface area contributed by atoms with Gasteiger partial charge in [0, 0.05) is 32.2 Å². The highest BCUT2D eigenvalue weighted by molar-refractivity contribution is 5.92. The summed E-state index contributed by atoms with van der Waals surface area (Å²) in [5, 5.41) is 13.4. The van der Waals surface area contributed by atoms with Gasteiger partial charge in [0.25, 0.3) is 5.91 Å². The molecule has 2 rings (SSSR count). The molecule has 1 N–H and O–H groups in total. The van der Waals surface area contributed by atoms with Crippen LogP contribution in [0.4, 0.5) is 0 Å². The number of aliphatic hydroxyl groups excluding tert-OH is 1. The lowest BCUT2D eigenvalue weighted by Crippen LogP contribution is -2.43. The van der Waals surface area contributed by atoms with Crippen molar-refractivity contribution in [1.82, 2.24) is 10.1 Å². The number of nitrogens with zero attached hydrogens (tertiary/aromatic N) is 2. The predicted molar refractivity (Wildman–Crippen MR) is 67.5 cm³/mol. The van der Waals surface area contributed by atoms with E-state index in [4.69, 9.17) is 9.26 Å². The summed E-state index contributed by atoms with van der Waals surface area (Å²) in [5.41, 5.74) is 0.304. The molecule has 1 amide bonds. The summed E-state index contributed by atoms with van der Waals surface area (Å²) in [6.45, 7) is 3.35. The summed E-state index contributed by atoms with van der Waals surface area (Å²) in [6, 6.07) is 1.61. The Labute approximate surface area is 112 Å². The number of amides is 1. The molecule has 0 radical (unpaired) electrons. The Morgan fingerprint density at radius 1 is 1.74 bits per heavy atom. The average molecular weight is 268 g/mol. The van der Waals surface area contributed by atoms with Crippen molar-refractivity contribution in [3.63, 3.8) is 0 Å². The van der Waals surface area contributed by atoms with Crippen LogP contribution in [0.25, 0.3) is 0 Å². The van der Waals surface area contributed by atoms with Crippen molar-refractivity contribution in [3.8, 4) is 0 Å². The molecule has 2 unspecified atom stereocenters. The van der Waals surface area contributed by atoms with Gasteiger partial charge < -0.3 is 19.3 Å². The van der Waals surface area contributed by atoms with Gasteiger partial charge in [-0.3, -0.25) is 4.79 Å². The minimum absolute atomic E-state index is 0.142. The molecule has 2 atom stereocenters. The van der Waals surface area contributed by atoms with Crippen LogP contribution in [0.5, 0.6) is 0 Å². The van der Waals surface area contributed by atoms with Crippen LogP contribution in [0.2, 0.25) is 0 Å². The van der Waals surface area contributed by atoms with Gasteiger partial charge in [-0.25, -0.2) is 0 Å². The normalized spacial score (nSPS) is 21.4. The zero-order chi connectivity index (χ0) is 13.8. The summed E-state index contributed by atoms with van der Waals surface area (Å²) in [4.78, 5) is 14.0. The molecule has 0 bridgehead atoms. The van der Waals surface area contributed by atoms with Crippen molar-refractivity contribution in [3.05, 3.63) is 17.5 Å². The van der Waals surface area contributed by atoms with Crippen LogP contribution in [-0.2, 0) is 11.3 Å². The fourth-order valence-corrected chi connectivity index (χ4v) is 2.37. The van der Waals surface area contributed by atoms with Crippen molar-refractivity contribution in [2.75, 3.05) is 20.2 Å². The SMILES string of the molecule is COCc1cc(C(=O)N2CCCC(C(C)O)C2)no1. The monoisotopic (exact) mass is 268 g/mol. The van der Waals surface area contributed by atoms with E-state index < -0.39 is 6.10 Å². The number of ether oxygens (including phenoxy) is 1. The largest absolute Gasteiger partial charge is 0.393 e. The van der Waals surface area contributed by atoms with Gasteiger partial charge in [-0.15, -0.1) is 0 Å². The first-order chi connectivity index (χ1) is 9.11. The Balaban J connectivity index is 2.01. The Bertz CT molecular complexity index is 430. The fourth-order valence-electron chi connectivity index (χ4n) is 2.37. The molecule has 0 spiro atoms. The number of rotatable bonds is 4. The molecule has 0 aromatic carbocycles. The molecule has 106 valence electrons. The summed E-state index contributed by atoms with van der Waals surface area (Å²) in [5.74, 6) is 0.537. The van der Waals surface area contributed by atoms with E-state index >= 15 is 0 Å². The summed E-state index contributed by atoms with van der Waals surface area (Å²) in [6.07, 6.45) is 1.47. The number of carbonyl (C=O) groups excluding carboxylic acids is 1. The lowest BCUT2D eigenvalue weighted by molar-refractivity contribution is 0.0458. The van der Waals surface area contributed by atoms with Gasteiger partial charge in [-0.1, -0.05) is 5.16 Å². The minimum Gasteiger partial charge on any atom is -0.393 e. The summed E-state index contributed by atoms with van der Waals surface area (Å²) >= 11 is 0. The molecular formula is C13H20N2O4. The molecule has 1 aromatic rings. The van der Waals surface area contributed by atoms with E-state index in [2.05, 4.69) is 5.16 Å². The van der Waals surface area contributed by atoms with E-state index in [9.17, 15) is 9.90 Å². The second kappa shape index (κ2) is 6.16. The number of hydrogen-bond acceptors (Lipinski definition) is 5. The Morgan fingerprint density at radius 3 is 3.21 bits per heavy atom. The van der Waals surface area contributed by atoms with E-state index in [0.717, 1.165) is 12.8 Å². The number of likely N-dealkylation sites (tertiary alicyclic amines) is 1. The molecule has 1 aromatic heterocycles. The highest BCUT2D eigenvalue weighted by Gasteiger charge is 2.28. The molecule has 1 saturated heterocycles. The van der Waals surface area contributed by atoms with E-state index in [1.165, 1.54) is 0 Å². The van der Waals surface area contributed by atoms with E-state index in [0.29, 0.717) is 31.2 Å². The molecule has 2 heterocycles. The molecular weight excluding hydrogens is 248 g/mol. The van der Waals surface area contributed by atoms with Crippen molar-refractivity contribution in [1.29, 1.82) is 0 Å². The van der Waals surface area contributed by atoms with Gasteiger partial charge in [0.2, 0.25) is 0 Å². The Kier molecular flexibility index (Phi) is 4.55. The fraction of sp³-hybridized carbons (Fsp3) is 0.692. The van der Waals surface area contributed by atoms with Gasteiger partial charge in [-0.2, -0.15) is 0 Å². The maximum absolute atomic E-state index is 12.3. The van der Waals surface area contributed by atoms with E-state index in [1.54, 1.807) is 25.0 Å². The third kappa shape index (κ3) is 3.33. The molecule has 19 heavy (non-hydrogen) atoms. The summed E-state index contributed by atoms with van der Waals surface area (Å²) in [7, 11) is 1.56. The number of hydrogen-bond donors (Lipinski definition) is 1. The lowest BCUT2D eigenvalue weighted by Gasteiger charge is -2.33. The average Bonchev–Trinajstić information content (AvgIpc) is 2.87. The van der Waals surface area contributed by atoms with Crippen LogP contribution in [0.15, 0.2) is 10.6 Å². The van der Waals surface area contributed by atoms with Gasteiger partial charge >= 0.3 is 0 Å². The lowest BCUT2D eigenvalue weighted by atomic mass is 9.93. The number of aliphatic hydroxyl groups is 1. The standard InChI is InChI=1S/C13H20N2O4/c1-9(16)10-4-3-5-15(7-10)13(17)12-6-11(8-18-2)19-14-12/h6,9-10,16H,3-5,7-8H2,1-2H3. The molecule has 0 saturated carbocycles. The van der Waals surface area contributed by atoms with Crippen molar-refractivity contribution >= 4 is 5.91 Å². The molecule has 1 aliphatic rings. The van der Waals surface area contributed by atoms with Crippen LogP contribution in [0, 0.1) is 5.92 Å². The Hall–Kier alpha value is -1.40. The van der Waals surface area contributed by atoms with Crippen LogP contribution >= 0.6 is 0 Å². The third-order valence-electron chi connectivity index (χ3n) is 3.49. The second-order valence-corrected chi connectivity index (χ2v) is 5.01. The zero-order valence-electron chi connectivity index (χ0n) is 11.3. The predicted octanol–water partition coefficient (Wildman–Crippen LogP) is 1.05. The van der Waals surface area contributed by atoms with Crippen molar-refractivity contribution in [2.24, 2.45) is 5.92 Å².